The van der Waals surface area contributed by atoms with Gasteiger partial charge in [0.05, 0.1) is 5.92 Å². The molecule has 0 heterocycles. The molecule has 1 aliphatic carbocycles. The maximum Gasteiger partial charge on any atom is 0.131 e. The predicted molar refractivity (Wildman–Crippen MR) is 44.3 cm³/mol. The molecule has 1 unspecified atom stereocenters. The molecule has 1 aromatic carbocycles. The molecule has 1 heteroatoms. The molecule has 0 saturated heterocycles. The Kier molecular flexibility index (Phi) is 1.35. The van der Waals surface area contributed by atoms with Gasteiger partial charge in [-0.1, -0.05) is 36.4 Å². The van der Waals surface area contributed by atoms with Crippen LogP contribution in [0.2, 0.25) is 0 Å². The van der Waals surface area contributed by atoms with Crippen molar-refractivity contribution in [1.82, 2.24) is 0 Å². The molecule has 0 N–H and O–H groups in total. The van der Waals surface area contributed by atoms with Gasteiger partial charge in [-0.15, -0.1) is 0 Å². The summed E-state index contributed by atoms with van der Waals surface area (Å²) in [5, 5.41) is 0. The van der Waals surface area contributed by atoms with Gasteiger partial charge in [-0.25, -0.2) is 0 Å². The summed E-state index contributed by atoms with van der Waals surface area (Å²) in [5.74, 6) is -0.00815. The predicted octanol–water partition coefficient (Wildman–Crippen LogP) is 2.00. The molecule has 0 aromatic heterocycles. The van der Waals surface area contributed by atoms with Gasteiger partial charge in [0.2, 0.25) is 0 Å². The average molecular weight is 144 g/mol. The van der Waals surface area contributed by atoms with E-state index in [1.807, 2.05) is 36.4 Å². The van der Waals surface area contributed by atoms with E-state index in [1.165, 1.54) is 5.56 Å². The first-order valence-electron chi connectivity index (χ1n) is 3.64. The molecule has 1 aromatic rings. The Labute approximate surface area is 65.4 Å². The topological polar surface area (TPSA) is 17.1 Å². The molecule has 0 fully saturated rings. The van der Waals surface area contributed by atoms with E-state index in [2.05, 4.69) is 0 Å². The van der Waals surface area contributed by atoms with Crippen molar-refractivity contribution < 1.29 is 4.79 Å². The number of allylic oxidation sites excluding steroid dienone is 1. The first kappa shape index (κ1) is 6.35. The van der Waals surface area contributed by atoms with Crippen LogP contribution in [0.1, 0.15) is 17.0 Å². The zero-order valence-corrected chi connectivity index (χ0v) is 6.03. The van der Waals surface area contributed by atoms with Crippen LogP contribution < -0.4 is 0 Å². The molecule has 0 saturated carbocycles. The number of benzene rings is 1. The zero-order chi connectivity index (χ0) is 7.68. The molecule has 0 radical (unpaired) electrons. The third-order valence-corrected chi connectivity index (χ3v) is 1.98. The lowest BCUT2D eigenvalue weighted by atomic mass is 10.0. The molecule has 0 aliphatic heterocycles. The summed E-state index contributed by atoms with van der Waals surface area (Å²) < 4.78 is 0. The number of fused-ring (bicyclic) bond motifs is 1. The minimum absolute atomic E-state index is 0.00815. The first-order chi connectivity index (χ1) is 5.42. The normalized spacial score (nSPS) is 19.8. The minimum atomic E-state index is -0.00815. The monoisotopic (exact) mass is 144 g/mol. The lowest BCUT2D eigenvalue weighted by molar-refractivity contribution is -0.108. The Morgan fingerprint density at radius 3 is 2.91 bits per heavy atom. The van der Waals surface area contributed by atoms with Gasteiger partial charge >= 0.3 is 0 Å². The highest BCUT2D eigenvalue weighted by Crippen LogP contribution is 2.27. The second kappa shape index (κ2) is 2.35. The van der Waals surface area contributed by atoms with E-state index < -0.39 is 0 Å². The molecule has 11 heavy (non-hydrogen) atoms. The SMILES string of the molecule is O=CC1C=Cc2ccccc21. The molecule has 54 valence electrons. The molecule has 1 nitrogen and oxygen atoms in total. The zero-order valence-electron chi connectivity index (χ0n) is 6.03. The van der Waals surface area contributed by atoms with Crippen LogP contribution in [-0.4, -0.2) is 6.29 Å². The van der Waals surface area contributed by atoms with E-state index in [4.69, 9.17) is 0 Å². The number of rotatable bonds is 1. The van der Waals surface area contributed by atoms with Gasteiger partial charge in [-0.05, 0) is 11.1 Å². The van der Waals surface area contributed by atoms with Crippen molar-refractivity contribution in [2.45, 2.75) is 5.92 Å². The second-order valence-electron chi connectivity index (χ2n) is 2.65. The largest absolute Gasteiger partial charge is 0.302 e. The van der Waals surface area contributed by atoms with Gasteiger partial charge < -0.3 is 4.79 Å². The van der Waals surface area contributed by atoms with Crippen LogP contribution >= 0.6 is 0 Å². The highest BCUT2D eigenvalue weighted by Gasteiger charge is 2.14. The smallest absolute Gasteiger partial charge is 0.131 e. The summed E-state index contributed by atoms with van der Waals surface area (Å²) in [5.41, 5.74) is 2.30. The van der Waals surface area contributed by atoms with Crippen molar-refractivity contribution in [2.75, 3.05) is 0 Å². The number of hydrogen-bond donors (Lipinski definition) is 0. The van der Waals surface area contributed by atoms with E-state index in [0.29, 0.717) is 0 Å². The Morgan fingerprint density at radius 2 is 2.09 bits per heavy atom. The summed E-state index contributed by atoms with van der Waals surface area (Å²) in [6.07, 6.45) is 4.90. The lowest BCUT2D eigenvalue weighted by Gasteiger charge is -2.00. The van der Waals surface area contributed by atoms with E-state index in [-0.39, 0.29) is 5.92 Å². The molecular formula is C10H8O. The maximum atomic E-state index is 10.5. The summed E-state index contributed by atoms with van der Waals surface area (Å²) in [6, 6.07) is 7.96. The number of carbonyl (C=O) groups is 1. The number of aldehydes is 1. The van der Waals surface area contributed by atoms with E-state index in [1.54, 1.807) is 0 Å². The average Bonchev–Trinajstić information content (AvgIpc) is 2.47. The van der Waals surface area contributed by atoms with Crippen molar-refractivity contribution in [3.05, 3.63) is 41.5 Å². The van der Waals surface area contributed by atoms with Crippen molar-refractivity contribution in [2.24, 2.45) is 0 Å². The van der Waals surface area contributed by atoms with Crippen molar-refractivity contribution >= 4 is 12.4 Å². The molecule has 2 rings (SSSR count). The van der Waals surface area contributed by atoms with Gasteiger partial charge in [0, 0.05) is 0 Å². The summed E-state index contributed by atoms with van der Waals surface area (Å²) in [6.45, 7) is 0. The Hall–Kier alpha value is -1.37. The van der Waals surface area contributed by atoms with E-state index in [9.17, 15) is 4.79 Å². The fourth-order valence-corrected chi connectivity index (χ4v) is 1.40. The van der Waals surface area contributed by atoms with Gasteiger partial charge in [-0.3, -0.25) is 0 Å². The third kappa shape index (κ3) is 0.891. The van der Waals surface area contributed by atoms with E-state index >= 15 is 0 Å². The van der Waals surface area contributed by atoms with Crippen molar-refractivity contribution in [3.63, 3.8) is 0 Å². The summed E-state index contributed by atoms with van der Waals surface area (Å²) >= 11 is 0. The summed E-state index contributed by atoms with van der Waals surface area (Å²) in [7, 11) is 0. The Morgan fingerprint density at radius 1 is 1.27 bits per heavy atom. The second-order valence-corrected chi connectivity index (χ2v) is 2.65. The number of carbonyl (C=O) groups excluding carboxylic acids is 1. The van der Waals surface area contributed by atoms with Crippen molar-refractivity contribution in [1.29, 1.82) is 0 Å². The lowest BCUT2D eigenvalue weighted by Crippen LogP contribution is -1.92. The van der Waals surface area contributed by atoms with Crippen LogP contribution in [-0.2, 0) is 4.79 Å². The Balaban J connectivity index is 2.53. The van der Waals surface area contributed by atoms with Crippen LogP contribution in [0.3, 0.4) is 0 Å². The van der Waals surface area contributed by atoms with Crippen LogP contribution in [0.15, 0.2) is 30.3 Å². The molecule has 1 atom stereocenters. The standard InChI is InChI=1S/C10H8O/c11-7-9-6-5-8-3-1-2-4-10(8)9/h1-7,9H. The quantitative estimate of drug-likeness (QED) is 0.551. The van der Waals surface area contributed by atoms with Crippen LogP contribution in [0, 0.1) is 0 Å². The van der Waals surface area contributed by atoms with Gasteiger partial charge in [0.1, 0.15) is 6.29 Å². The molecular weight excluding hydrogens is 136 g/mol. The highest BCUT2D eigenvalue weighted by atomic mass is 16.1. The first-order valence-corrected chi connectivity index (χ1v) is 3.64. The molecule has 0 spiro atoms. The highest BCUT2D eigenvalue weighted by molar-refractivity contribution is 5.76. The number of hydrogen-bond acceptors (Lipinski definition) is 1. The van der Waals surface area contributed by atoms with Gasteiger partial charge in [0.15, 0.2) is 0 Å². The fraction of sp³-hybridized carbons (Fsp3) is 0.100. The summed E-state index contributed by atoms with van der Waals surface area (Å²) in [4.78, 5) is 10.5. The molecule has 1 aliphatic rings. The van der Waals surface area contributed by atoms with E-state index in [0.717, 1.165) is 11.8 Å². The fourth-order valence-electron chi connectivity index (χ4n) is 1.40. The molecule has 0 amide bonds. The van der Waals surface area contributed by atoms with Crippen molar-refractivity contribution in [3.8, 4) is 0 Å². The van der Waals surface area contributed by atoms with Crippen LogP contribution in [0.5, 0.6) is 0 Å². The minimum Gasteiger partial charge on any atom is -0.302 e. The Bertz CT molecular complexity index is 312. The van der Waals surface area contributed by atoms with Crippen LogP contribution in [0.25, 0.3) is 6.08 Å². The maximum absolute atomic E-state index is 10.5. The molecule has 0 bridgehead atoms. The van der Waals surface area contributed by atoms with Crippen LogP contribution in [0.4, 0.5) is 0 Å². The van der Waals surface area contributed by atoms with Gasteiger partial charge in [0.25, 0.3) is 0 Å². The third-order valence-electron chi connectivity index (χ3n) is 1.98. The van der Waals surface area contributed by atoms with Gasteiger partial charge in [-0.2, -0.15) is 0 Å².